The maximum atomic E-state index is 11.8. The summed E-state index contributed by atoms with van der Waals surface area (Å²) < 4.78 is 5.11. The molecule has 2 rings (SSSR count). The number of carboxylic acids is 1. The Kier molecular flexibility index (Phi) is 5.56. The minimum Gasteiger partial charge on any atom is -0.476 e. The summed E-state index contributed by atoms with van der Waals surface area (Å²) in [6, 6.07) is 9.29. The first-order chi connectivity index (χ1) is 11.2. The lowest BCUT2D eigenvalue weighted by atomic mass is 9.91. The normalized spacial score (nSPS) is 11.1. The highest BCUT2D eigenvalue weighted by atomic mass is 32.1. The summed E-state index contributed by atoms with van der Waals surface area (Å²) in [6.45, 7) is 6.18. The van der Waals surface area contributed by atoms with Gasteiger partial charge in [0.25, 0.3) is 0 Å². The molecule has 0 saturated heterocycles. The van der Waals surface area contributed by atoms with Gasteiger partial charge in [0.2, 0.25) is 0 Å². The van der Waals surface area contributed by atoms with E-state index >= 15 is 0 Å². The largest absolute Gasteiger partial charge is 0.476 e. The van der Waals surface area contributed by atoms with Crippen LogP contribution in [0.25, 0.3) is 0 Å². The zero-order valence-corrected chi connectivity index (χ0v) is 14.6. The third-order valence-electron chi connectivity index (χ3n) is 3.01. The Bertz CT molecular complexity index is 720. The van der Waals surface area contributed by atoms with Crippen molar-refractivity contribution in [3.8, 4) is 0 Å². The lowest BCUT2D eigenvalue weighted by Gasteiger charge is -2.16. The van der Waals surface area contributed by atoms with E-state index in [1.54, 1.807) is 0 Å². The number of aromatic nitrogens is 1. The molecule has 1 aromatic carbocycles. The molecule has 1 amide bonds. The van der Waals surface area contributed by atoms with Gasteiger partial charge in [-0.05, 0) is 17.4 Å². The lowest BCUT2D eigenvalue weighted by molar-refractivity contribution is 0.0689. The van der Waals surface area contributed by atoms with E-state index in [-0.39, 0.29) is 22.8 Å². The van der Waals surface area contributed by atoms with Gasteiger partial charge >= 0.3 is 12.1 Å². The van der Waals surface area contributed by atoms with Crippen LogP contribution in [-0.4, -0.2) is 22.2 Å². The second-order valence-electron chi connectivity index (χ2n) is 6.52. The van der Waals surface area contributed by atoms with E-state index in [0.717, 1.165) is 16.9 Å². The summed E-state index contributed by atoms with van der Waals surface area (Å²) in [5.74, 6) is -1.10. The smallest absolute Gasteiger partial charge is 0.413 e. The topological polar surface area (TPSA) is 88.5 Å². The zero-order valence-electron chi connectivity index (χ0n) is 13.8. The van der Waals surface area contributed by atoms with Crippen molar-refractivity contribution < 1.29 is 19.4 Å². The molecule has 0 bridgehead atoms. The van der Waals surface area contributed by atoms with Gasteiger partial charge in [-0.2, -0.15) is 0 Å². The molecule has 0 aliphatic heterocycles. The number of nitrogens with one attached hydrogen (secondary N) is 1. The fraction of sp³-hybridized carbons (Fsp3) is 0.353. The molecule has 2 N–H and O–H groups in total. The van der Waals surface area contributed by atoms with Gasteiger partial charge in [0.05, 0.1) is 0 Å². The van der Waals surface area contributed by atoms with Crippen LogP contribution in [0, 0.1) is 5.41 Å². The van der Waals surface area contributed by atoms with Gasteiger partial charge in [-0.15, -0.1) is 11.3 Å². The number of amides is 1. The van der Waals surface area contributed by atoms with E-state index in [9.17, 15) is 14.7 Å². The molecule has 0 saturated carbocycles. The van der Waals surface area contributed by atoms with Crippen molar-refractivity contribution in [2.45, 2.75) is 33.8 Å². The Labute approximate surface area is 144 Å². The summed E-state index contributed by atoms with van der Waals surface area (Å²) in [4.78, 5) is 27.8. The maximum Gasteiger partial charge on any atom is 0.413 e. The first kappa shape index (κ1) is 17.9. The van der Waals surface area contributed by atoms with Gasteiger partial charge in [-0.1, -0.05) is 51.1 Å². The van der Waals surface area contributed by atoms with E-state index in [1.165, 1.54) is 0 Å². The second-order valence-corrected chi connectivity index (χ2v) is 7.60. The number of carbonyl (C=O) groups excluding carboxylic acids is 1. The van der Waals surface area contributed by atoms with Crippen LogP contribution in [0.5, 0.6) is 0 Å². The molecule has 0 unspecified atom stereocenters. The highest BCUT2D eigenvalue weighted by molar-refractivity contribution is 7.16. The van der Waals surface area contributed by atoms with Gasteiger partial charge in [0, 0.05) is 4.88 Å². The van der Waals surface area contributed by atoms with Crippen LogP contribution in [0.2, 0.25) is 0 Å². The van der Waals surface area contributed by atoms with Gasteiger partial charge in [0.1, 0.15) is 6.61 Å². The number of benzene rings is 1. The summed E-state index contributed by atoms with van der Waals surface area (Å²) >= 11 is 1.16. The Hall–Kier alpha value is -2.41. The summed E-state index contributed by atoms with van der Waals surface area (Å²) in [6.07, 6.45) is -0.0978. The van der Waals surface area contributed by atoms with Gasteiger partial charge < -0.3 is 9.84 Å². The van der Waals surface area contributed by atoms with Crippen LogP contribution >= 0.6 is 11.3 Å². The third-order valence-corrected chi connectivity index (χ3v) is 3.98. The molecular weight excluding hydrogens is 328 g/mol. The molecule has 0 fully saturated rings. The number of rotatable bonds is 5. The molecule has 128 valence electrons. The fourth-order valence-corrected chi connectivity index (χ4v) is 3.26. The number of hydrogen-bond acceptors (Lipinski definition) is 5. The lowest BCUT2D eigenvalue weighted by Crippen LogP contribution is -2.13. The first-order valence-corrected chi connectivity index (χ1v) is 8.27. The molecule has 7 heteroatoms. The van der Waals surface area contributed by atoms with Gasteiger partial charge in [0.15, 0.2) is 10.8 Å². The number of hydrogen-bond donors (Lipinski definition) is 2. The number of aromatic carboxylic acids is 1. The standard InChI is InChI=1S/C17H20N2O4S/c1-17(2,3)9-12-13(14(20)21)18-15(24-12)19-16(22)23-10-11-7-5-4-6-8-11/h4-8H,9-10H2,1-3H3,(H,20,21)(H,18,19,22). The number of nitrogens with zero attached hydrogens (tertiary/aromatic N) is 1. The minimum atomic E-state index is -1.10. The average molecular weight is 348 g/mol. The molecule has 0 atom stereocenters. The van der Waals surface area contributed by atoms with Crippen molar-refractivity contribution >= 4 is 28.5 Å². The molecule has 1 heterocycles. The summed E-state index contributed by atoms with van der Waals surface area (Å²) in [7, 11) is 0. The molecule has 0 aliphatic carbocycles. The summed E-state index contributed by atoms with van der Waals surface area (Å²) in [5.41, 5.74) is 0.765. The molecule has 24 heavy (non-hydrogen) atoms. The van der Waals surface area contributed by atoms with Crippen molar-refractivity contribution in [1.82, 2.24) is 4.98 Å². The molecular formula is C17H20N2O4S. The Morgan fingerprint density at radius 3 is 2.50 bits per heavy atom. The monoisotopic (exact) mass is 348 g/mol. The van der Waals surface area contributed by atoms with Crippen molar-refractivity contribution in [3.63, 3.8) is 0 Å². The van der Waals surface area contributed by atoms with E-state index in [0.29, 0.717) is 11.3 Å². The van der Waals surface area contributed by atoms with Crippen LogP contribution in [0.15, 0.2) is 30.3 Å². The van der Waals surface area contributed by atoms with Crippen LogP contribution in [0.1, 0.15) is 41.7 Å². The zero-order chi connectivity index (χ0) is 17.7. The molecule has 0 spiro atoms. The molecule has 2 aromatic rings. The number of carboxylic acid groups (broad SMARTS) is 1. The van der Waals surface area contributed by atoms with Crippen LogP contribution in [0.3, 0.4) is 0 Å². The third kappa shape index (κ3) is 5.34. The number of anilines is 1. The average Bonchev–Trinajstić information content (AvgIpc) is 2.86. The molecule has 6 nitrogen and oxygen atoms in total. The number of thiazole rings is 1. The van der Waals surface area contributed by atoms with E-state index in [2.05, 4.69) is 10.3 Å². The highest BCUT2D eigenvalue weighted by Gasteiger charge is 2.23. The van der Waals surface area contributed by atoms with Crippen LogP contribution in [-0.2, 0) is 17.8 Å². The van der Waals surface area contributed by atoms with Crippen molar-refractivity contribution in [2.24, 2.45) is 5.41 Å². The summed E-state index contributed by atoms with van der Waals surface area (Å²) in [5, 5.41) is 12.0. The fourth-order valence-electron chi connectivity index (χ4n) is 2.02. The number of carbonyl (C=O) groups is 2. The maximum absolute atomic E-state index is 11.8. The van der Waals surface area contributed by atoms with E-state index in [1.807, 2.05) is 51.1 Å². The van der Waals surface area contributed by atoms with Crippen molar-refractivity contribution in [3.05, 3.63) is 46.5 Å². The Morgan fingerprint density at radius 1 is 1.25 bits per heavy atom. The molecule has 0 radical (unpaired) electrons. The number of ether oxygens (including phenoxy) is 1. The Balaban J connectivity index is 2.02. The first-order valence-electron chi connectivity index (χ1n) is 7.45. The van der Waals surface area contributed by atoms with E-state index < -0.39 is 12.1 Å². The van der Waals surface area contributed by atoms with Crippen molar-refractivity contribution in [2.75, 3.05) is 5.32 Å². The second kappa shape index (κ2) is 7.44. The van der Waals surface area contributed by atoms with Crippen LogP contribution < -0.4 is 5.32 Å². The quantitative estimate of drug-likeness (QED) is 0.846. The highest BCUT2D eigenvalue weighted by Crippen LogP contribution is 2.30. The molecule has 0 aliphatic rings. The SMILES string of the molecule is CC(C)(C)Cc1sc(NC(=O)OCc2ccccc2)nc1C(=O)O. The van der Waals surface area contributed by atoms with Crippen LogP contribution in [0.4, 0.5) is 9.93 Å². The van der Waals surface area contributed by atoms with E-state index in [4.69, 9.17) is 4.74 Å². The predicted octanol–water partition coefficient (Wildman–Crippen LogP) is 4.18. The Morgan fingerprint density at radius 2 is 1.92 bits per heavy atom. The van der Waals surface area contributed by atoms with Crippen molar-refractivity contribution in [1.29, 1.82) is 0 Å². The molecule has 1 aromatic heterocycles. The predicted molar refractivity (Wildman–Crippen MR) is 92.5 cm³/mol. The minimum absolute atomic E-state index is 0.0201. The van der Waals surface area contributed by atoms with Gasteiger partial charge in [-0.3, -0.25) is 5.32 Å². The van der Waals surface area contributed by atoms with Gasteiger partial charge in [-0.25, -0.2) is 14.6 Å².